The third-order valence-corrected chi connectivity index (χ3v) is 6.99. The summed E-state index contributed by atoms with van der Waals surface area (Å²) in [4.78, 5) is 0. The average Bonchev–Trinajstić information content (AvgIpc) is 2.78. The highest BCUT2D eigenvalue weighted by Crippen LogP contribution is 2.29. The summed E-state index contributed by atoms with van der Waals surface area (Å²) in [6, 6.07) is 0. The summed E-state index contributed by atoms with van der Waals surface area (Å²) < 4.78 is 10.5. The van der Waals surface area contributed by atoms with Gasteiger partial charge < -0.3 is 9.47 Å². The Morgan fingerprint density at radius 3 is 1.91 bits per heavy atom. The molecule has 0 aliphatic carbocycles. The van der Waals surface area contributed by atoms with Gasteiger partial charge in [-0.1, -0.05) is 91.8 Å². The van der Waals surface area contributed by atoms with Crippen LogP contribution in [0.25, 0.3) is 0 Å². The molecule has 0 aromatic rings. The Bertz CT molecular complexity index is 692. The van der Waals surface area contributed by atoms with Crippen LogP contribution in [0.15, 0.2) is 72.1 Å². The van der Waals surface area contributed by atoms with E-state index in [4.69, 9.17) is 9.47 Å². The smallest absolute Gasteiger partial charge is 0.117 e. The number of hydrogen-bond acceptors (Lipinski definition) is 2. The van der Waals surface area contributed by atoms with E-state index in [0.29, 0.717) is 18.3 Å². The second-order valence-electron chi connectivity index (χ2n) is 9.66. The molecular formula is C30H50O2. The van der Waals surface area contributed by atoms with E-state index in [1.54, 1.807) is 14.2 Å². The molecule has 2 heteroatoms. The van der Waals surface area contributed by atoms with E-state index in [-0.39, 0.29) is 0 Å². The van der Waals surface area contributed by atoms with Gasteiger partial charge in [0.1, 0.15) is 5.76 Å². The third-order valence-electron chi connectivity index (χ3n) is 6.99. The lowest BCUT2D eigenvalue weighted by Gasteiger charge is -2.23. The lowest BCUT2D eigenvalue weighted by atomic mass is 9.83. The zero-order chi connectivity index (χ0) is 24.8. The first kappa shape index (κ1) is 30.2. The fraction of sp³-hybridized carbons (Fsp3) is 0.600. The molecule has 2 nitrogen and oxygen atoms in total. The molecule has 0 saturated carbocycles. The van der Waals surface area contributed by atoms with E-state index < -0.39 is 0 Å². The molecule has 0 spiro atoms. The van der Waals surface area contributed by atoms with Gasteiger partial charge in [0.05, 0.1) is 13.7 Å². The predicted molar refractivity (Wildman–Crippen MR) is 143 cm³/mol. The van der Waals surface area contributed by atoms with Crippen LogP contribution in [-0.4, -0.2) is 20.8 Å². The topological polar surface area (TPSA) is 18.5 Å². The van der Waals surface area contributed by atoms with Crippen molar-refractivity contribution in [2.75, 3.05) is 20.8 Å². The molecule has 0 aliphatic rings. The van der Waals surface area contributed by atoms with Gasteiger partial charge in [0.25, 0.3) is 0 Å². The molecule has 0 fully saturated rings. The average molecular weight is 443 g/mol. The molecular weight excluding hydrogens is 392 g/mol. The maximum Gasteiger partial charge on any atom is 0.117 e. The first-order chi connectivity index (χ1) is 15.0. The third kappa shape index (κ3) is 11.2. The maximum absolute atomic E-state index is 5.26. The minimum Gasteiger partial charge on any atom is -0.497 e. The molecule has 0 radical (unpaired) electrons. The molecule has 0 heterocycles. The lowest BCUT2D eigenvalue weighted by Crippen LogP contribution is -2.11. The summed E-state index contributed by atoms with van der Waals surface area (Å²) in [5.74, 6) is 3.38. The SMILES string of the molecule is C=C(/C=C(/COC)C(=C)OC)C(=C)/C(C)=C\C(=C)C(C)CCC(C)C(C)CCC(C)CC. The van der Waals surface area contributed by atoms with E-state index in [9.17, 15) is 0 Å². The van der Waals surface area contributed by atoms with Crippen molar-refractivity contribution < 1.29 is 9.47 Å². The highest BCUT2D eigenvalue weighted by atomic mass is 16.5. The maximum atomic E-state index is 5.26. The number of ether oxygens (including phenoxy) is 2. The van der Waals surface area contributed by atoms with Gasteiger partial charge in [-0.15, -0.1) is 0 Å². The van der Waals surface area contributed by atoms with Crippen molar-refractivity contribution in [1.29, 1.82) is 0 Å². The van der Waals surface area contributed by atoms with Crippen LogP contribution in [0.2, 0.25) is 0 Å². The Kier molecular flexibility index (Phi) is 15.0. The van der Waals surface area contributed by atoms with Gasteiger partial charge in [-0.25, -0.2) is 0 Å². The Balaban J connectivity index is 4.91. The zero-order valence-electron chi connectivity index (χ0n) is 22.4. The highest BCUT2D eigenvalue weighted by Gasteiger charge is 2.16. The van der Waals surface area contributed by atoms with Gasteiger partial charge in [0.2, 0.25) is 0 Å². The molecule has 0 saturated heterocycles. The number of hydrogen-bond donors (Lipinski definition) is 0. The molecule has 0 aromatic heterocycles. The fourth-order valence-electron chi connectivity index (χ4n) is 3.57. The zero-order valence-corrected chi connectivity index (χ0v) is 22.4. The van der Waals surface area contributed by atoms with E-state index in [1.807, 2.05) is 6.08 Å². The quantitative estimate of drug-likeness (QED) is 0.165. The lowest BCUT2D eigenvalue weighted by molar-refractivity contribution is 0.212. The Labute approximate surface area is 199 Å². The number of rotatable bonds is 17. The van der Waals surface area contributed by atoms with Crippen molar-refractivity contribution in [3.8, 4) is 0 Å². The predicted octanol–water partition coefficient (Wildman–Crippen LogP) is 8.85. The van der Waals surface area contributed by atoms with E-state index in [0.717, 1.165) is 52.0 Å². The summed E-state index contributed by atoms with van der Waals surface area (Å²) in [6.45, 7) is 30.9. The highest BCUT2D eigenvalue weighted by molar-refractivity contribution is 5.52. The normalized spacial score (nSPS) is 16.1. The van der Waals surface area contributed by atoms with Crippen LogP contribution in [0.5, 0.6) is 0 Å². The molecule has 0 aliphatic heterocycles. The van der Waals surface area contributed by atoms with Gasteiger partial charge in [-0.05, 0) is 66.2 Å². The Morgan fingerprint density at radius 2 is 1.41 bits per heavy atom. The van der Waals surface area contributed by atoms with Gasteiger partial charge in [0.15, 0.2) is 0 Å². The van der Waals surface area contributed by atoms with Crippen LogP contribution in [0, 0.1) is 23.7 Å². The van der Waals surface area contributed by atoms with Crippen LogP contribution in [-0.2, 0) is 9.47 Å². The second kappa shape index (κ2) is 15.9. The summed E-state index contributed by atoms with van der Waals surface area (Å²) >= 11 is 0. The first-order valence-corrected chi connectivity index (χ1v) is 12.2. The minimum atomic E-state index is 0.416. The molecule has 4 atom stereocenters. The molecule has 4 unspecified atom stereocenters. The molecule has 182 valence electrons. The number of allylic oxidation sites excluding steroid dienone is 6. The van der Waals surface area contributed by atoms with Crippen LogP contribution < -0.4 is 0 Å². The van der Waals surface area contributed by atoms with Crippen molar-refractivity contribution in [2.45, 2.75) is 73.6 Å². The summed E-state index contributed by atoms with van der Waals surface area (Å²) in [5.41, 5.74) is 4.81. The summed E-state index contributed by atoms with van der Waals surface area (Å²) in [7, 11) is 3.26. The number of methoxy groups -OCH3 is 2. The van der Waals surface area contributed by atoms with E-state index in [2.05, 4.69) is 73.9 Å². The minimum absolute atomic E-state index is 0.416. The van der Waals surface area contributed by atoms with Crippen molar-refractivity contribution in [2.24, 2.45) is 23.7 Å². The van der Waals surface area contributed by atoms with Gasteiger partial charge in [0, 0.05) is 12.7 Å². The van der Waals surface area contributed by atoms with Gasteiger partial charge >= 0.3 is 0 Å². The van der Waals surface area contributed by atoms with Crippen LogP contribution in [0.1, 0.15) is 73.6 Å². The van der Waals surface area contributed by atoms with Crippen molar-refractivity contribution >= 4 is 0 Å². The largest absolute Gasteiger partial charge is 0.497 e. The van der Waals surface area contributed by atoms with Crippen molar-refractivity contribution in [3.63, 3.8) is 0 Å². The van der Waals surface area contributed by atoms with Crippen LogP contribution in [0.3, 0.4) is 0 Å². The van der Waals surface area contributed by atoms with Crippen LogP contribution in [0.4, 0.5) is 0 Å². The molecule has 0 amide bonds. The molecule has 0 bridgehead atoms. The van der Waals surface area contributed by atoms with Gasteiger partial charge in [-0.2, -0.15) is 0 Å². The molecule has 0 aromatic carbocycles. The summed E-state index contributed by atoms with van der Waals surface area (Å²) in [5, 5.41) is 0. The van der Waals surface area contributed by atoms with Crippen LogP contribution >= 0.6 is 0 Å². The van der Waals surface area contributed by atoms with Crippen molar-refractivity contribution in [3.05, 3.63) is 72.1 Å². The second-order valence-corrected chi connectivity index (χ2v) is 9.66. The van der Waals surface area contributed by atoms with E-state index in [1.165, 1.54) is 25.7 Å². The monoisotopic (exact) mass is 442 g/mol. The fourth-order valence-corrected chi connectivity index (χ4v) is 3.57. The van der Waals surface area contributed by atoms with E-state index >= 15 is 0 Å². The molecule has 32 heavy (non-hydrogen) atoms. The molecule has 0 rings (SSSR count). The first-order valence-electron chi connectivity index (χ1n) is 12.2. The summed E-state index contributed by atoms with van der Waals surface area (Å²) in [6.07, 6.45) is 10.5. The Hall–Kier alpha value is -1.80. The molecule has 0 N–H and O–H groups in total. The van der Waals surface area contributed by atoms with Gasteiger partial charge in [-0.3, -0.25) is 0 Å². The van der Waals surface area contributed by atoms with Crippen molar-refractivity contribution in [1.82, 2.24) is 0 Å². The Morgan fingerprint density at radius 1 is 0.844 bits per heavy atom. The standard InChI is InChI=1S/C30H50O2/c1-13-21(2)14-15-22(3)23(4)16-17-24(5)25(6)18-26(7)28(9)27(8)19-30(20-31-11)29(10)32-12/h18-19,21-24H,6,8-10,13-17,20H2,1-5,7,11-12H3/b26-18-,30-19-.